The van der Waals surface area contributed by atoms with Crippen LogP contribution in [0.4, 0.5) is 59.7 Å². The number of aryl methyl sites for hydroxylation is 1. The van der Waals surface area contributed by atoms with Crippen molar-refractivity contribution in [2.75, 3.05) is 5.32 Å². The van der Waals surface area contributed by atoms with Crippen molar-refractivity contribution < 1.29 is 58.0 Å². The van der Waals surface area contributed by atoms with Crippen molar-refractivity contribution in [3.8, 4) is 0 Å². The number of anilines is 1. The molecule has 0 unspecified atom stereocenters. The first-order valence-electron chi connectivity index (χ1n) is 7.36. The van der Waals surface area contributed by atoms with Crippen molar-refractivity contribution in [1.29, 1.82) is 0 Å². The number of benzene rings is 1. The third-order valence-electron chi connectivity index (χ3n) is 4.42. The third kappa shape index (κ3) is 2.44. The first-order chi connectivity index (χ1) is 13.2. The maximum atomic E-state index is 14.5. The van der Waals surface area contributed by atoms with E-state index in [1.165, 1.54) is 0 Å². The normalized spacial score (nSPS) is 24.7. The van der Waals surface area contributed by atoms with E-state index in [1.807, 2.05) is 0 Å². The topological polar surface area (TPSA) is 72.2 Å². The Morgan fingerprint density at radius 2 is 1.23 bits per heavy atom. The van der Waals surface area contributed by atoms with Crippen LogP contribution in [0.15, 0.2) is 18.2 Å². The number of carbonyl (C=O) groups is 1. The van der Waals surface area contributed by atoms with E-state index < -0.39 is 57.5 Å². The Labute approximate surface area is 158 Å². The Hall–Kier alpha value is -2.68. The van der Waals surface area contributed by atoms with E-state index in [9.17, 15) is 63.2 Å². The van der Waals surface area contributed by atoms with Gasteiger partial charge in [0.1, 0.15) is 0 Å². The van der Waals surface area contributed by atoms with E-state index in [0.29, 0.717) is 6.07 Å². The molecule has 1 aromatic rings. The first kappa shape index (κ1) is 23.6. The molecule has 1 aromatic carbocycles. The summed E-state index contributed by atoms with van der Waals surface area (Å²) < 4.78 is 150. The van der Waals surface area contributed by atoms with Crippen LogP contribution < -0.4 is 5.32 Å². The quantitative estimate of drug-likeness (QED) is 0.403. The Bertz CT molecular complexity index is 886. The highest BCUT2D eigenvalue weighted by molar-refractivity contribution is 6.00. The zero-order chi connectivity index (χ0) is 23.7. The summed E-state index contributed by atoms with van der Waals surface area (Å²) >= 11 is 0. The molecule has 1 aliphatic rings. The van der Waals surface area contributed by atoms with Crippen molar-refractivity contribution in [3.05, 3.63) is 33.9 Å². The van der Waals surface area contributed by atoms with Crippen LogP contribution in [0.2, 0.25) is 0 Å². The van der Waals surface area contributed by atoms with Gasteiger partial charge in [0.05, 0.1) is 4.92 Å². The average molecular weight is 460 g/mol. The monoisotopic (exact) mass is 460 g/mol. The summed E-state index contributed by atoms with van der Waals surface area (Å²) in [5.74, 6) is -40.5. The second-order valence-electron chi connectivity index (χ2n) is 6.24. The van der Waals surface area contributed by atoms with E-state index in [2.05, 4.69) is 0 Å². The third-order valence-corrected chi connectivity index (χ3v) is 4.42. The fraction of sp³-hybridized carbons (Fsp3) is 0.500. The lowest BCUT2D eigenvalue weighted by atomic mass is 9.71. The highest BCUT2D eigenvalue weighted by Crippen LogP contribution is 2.69. The zero-order valence-corrected chi connectivity index (χ0v) is 14.1. The van der Waals surface area contributed by atoms with Crippen LogP contribution in [-0.2, 0) is 4.79 Å². The lowest BCUT2D eigenvalue weighted by Crippen LogP contribution is -2.86. The zero-order valence-electron chi connectivity index (χ0n) is 14.1. The predicted molar refractivity (Wildman–Crippen MR) is 75.0 cm³/mol. The minimum absolute atomic E-state index is 0.154. The molecule has 0 radical (unpaired) electrons. The minimum Gasteiger partial charge on any atom is -0.323 e. The fourth-order valence-electron chi connectivity index (χ4n) is 2.61. The van der Waals surface area contributed by atoms with Crippen LogP contribution in [0, 0.1) is 17.0 Å². The Morgan fingerprint density at radius 1 is 0.833 bits per heavy atom. The molecule has 1 fully saturated rings. The number of nitro groups is 1. The molecule has 1 amide bonds. The molecule has 0 spiro atoms. The molecule has 0 aromatic heterocycles. The van der Waals surface area contributed by atoms with Gasteiger partial charge >= 0.3 is 35.3 Å². The van der Waals surface area contributed by atoms with E-state index in [1.54, 1.807) is 0 Å². The second kappa shape index (κ2) is 6.16. The lowest BCUT2D eigenvalue weighted by molar-refractivity contribution is -0.475. The number of amides is 1. The number of nitrogens with one attached hydrogen (secondary N) is 1. The number of halogens is 11. The van der Waals surface area contributed by atoms with Crippen molar-refractivity contribution in [2.45, 2.75) is 42.2 Å². The van der Waals surface area contributed by atoms with Crippen LogP contribution in [0.5, 0.6) is 0 Å². The van der Waals surface area contributed by atoms with Crippen molar-refractivity contribution in [3.63, 3.8) is 0 Å². The number of carbonyl (C=O) groups excluding carboxylic acids is 1. The molecule has 30 heavy (non-hydrogen) atoms. The first-order valence-corrected chi connectivity index (χ1v) is 7.36. The van der Waals surface area contributed by atoms with Gasteiger partial charge in [-0.3, -0.25) is 14.9 Å². The van der Waals surface area contributed by atoms with Crippen molar-refractivity contribution >= 4 is 17.3 Å². The van der Waals surface area contributed by atoms with Crippen molar-refractivity contribution in [1.82, 2.24) is 0 Å². The standard InChI is InChI=1S/C14H7F11N2O3/c1-5-2-3-6(4-7(5)27(29)30)26-8(28)9(15)10(16,17)12(20,21)14(24,25)13(22,23)11(9,18)19/h2-4H,1H3,(H,26,28). The summed E-state index contributed by atoms with van der Waals surface area (Å²) in [5, 5.41) is 11.6. The summed E-state index contributed by atoms with van der Waals surface area (Å²) in [6.07, 6.45) is 0. The van der Waals surface area contributed by atoms with Gasteiger partial charge in [0, 0.05) is 17.3 Å². The van der Waals surface area contributed by atoms with Gasteiger partial charge in [-0.25, -0.2) is 4.39 Å². The van der Waals surface area contributed by atoms with E-state index in [-0.39, 0.29) is 11.6 Å². The Balaban J connectivity index is 2.67. The summed E-state index contributed by atoms with van der Waals surface area (Å²) in [7, 11) is 0. The van der Waals surface area contributed by atoms with Gasteiger partial charge in [0.15, 0.2) is 0 Å². The van der Waals surface area contributed by atoms with Crippen LogP contribution in [0.1, 0.15) is 5.56 Å². The van der Waals surface area contributed by atoms with Crippen LogP contribution >= 0.6 is 0 Å². The molecule has 0 bridgehead atoms. The highest BCUT2D eigenvalue weighted by Gasteiger charge is 3.02. The van der Waals surface area contributed by atoms with Gasteiger partial charge < -0.3 is 5.32 Å². The maximum absolute atomic E-state index is 14.5. The van der Waals surface area contributed by atoms with Crippen LogP contribution in [-0.4, -0.2) is 46.1 Å². The molecule has 0 aliphatic heterocycles. The number of rotatable bonds is 3. The van der Waals surface area contributed by atoms with Gasteiger partial charge in [-0.05, 0) is 13.0 Å². The summed E-state index contributed by atoms with van der Waals surface area (Å²) in [6, 6.07) is 1.61. The lowest BCUT2D eigenvalue weighted by Gasteiger charge is -2.51. The van der Waals surface area contributed by atoms with E-state index in [4.69, 9.17) is 0 Å². The molecule has 0 atom stereocenters. The molecule has 0 saturated heterocycles. The molecule has 2 rings (SSSR count). The Morgan fingerprint density at radius 3 is 1.63 bits per heavy atom. The van der Waals surface area contributed by atoms with Gasteiger partial charge in [-0.1, -0.05) is 6.07 Å². The molecular formula is C14H7F11N2O3. The summed E-state index contributed by atoms with van der Waals surface area (Å²) in [5.41, 5.74) is -9.05. The fourth-order valence-corrected chi connectivity index (χ4v) is 2.61. The number of hydrogen-bond donors (Lipinski definition) is 1. The van der Waals surface area contributed by atoms with Crippen molar-refractivity contribution in [2.24, 2.45) is 0 Å². The minimum atomic E-state index is -7.45. The Kier molecular flexibility index (Phi) is 4.85. The highest BCUT2D eigenvalue weighted by atomic mass is 19.4. The van der Waals surface area contributed by atoms with Gasteiger partial charge in [-0.2, -0.15) is 43.9 Å². The van der Waals surface area contributed by atoms with Crippen LogP contribution in [0.3, 0.4) is 0 Å². The molecule has 5 nitrogen and oxygen atoms in total. The van der Waals surface area contributed by atoms with Gasteiger partial charge in [0.25, 0.3) is 11.6 Å². The molecule has 1 aliphatic carbocycles. The maximum Gasteiger partial charge on any atom is 0.384 e. The second-order valence-corrected chi connectivity index (χ2v) is 6.24. The van der Waals surface area contributed by atoms with Crippen LogP contribution in [0.25, 0.3) is 0 Å². The SMILES string of the molecule is Cc1ccc(NC(=O)C2(F)C(F)(F)C(F)(F)C(F)(F)C(F)(F)C2(F)F)cc1[N+](=O)[O-]. The predicted octanol–water partition coefficient (Wildman–Crippen LogP) is 4.74. The van der Waals surface area contributed by atoms with E-state index in [0.717, 1.165) is 18.3 Å². The summed E-state index contributed by atoms with van der Waals surface area (Å²) in [4.78, 5) is 21.4. The number of nitro benzene ring substituents is 1. The average Bonchev–Trinajstić information content (AvgIpc) is 2.60. The number of hydrogen-bond acceptors (Lipinski definition) is 3. The largest absolute Gasteiger partial charge is 0.384 e. The molecule has 0 heterocycles. The van der Waals surface area contributed by atoms with Gasteiger partial charge in [-0.15, -0.1) is 0 Å². The molecule has 1 saturated carbocycles. The molecule has 168 valence electrons. The van der Waals surface area contributed by atoms with Gasteiger partial charge in [0.2, 0.25) is 0 Å². The number of nitrogens with zero attached hydrogens (tertiary/aromatic N) is 1. The van der Waals surface area contributed by atoms with E-state index >= 15 is 0 Å². The molecular weight excluding hydrogens is 453 g/mol. The molecule has 1 N–H and O–H groups in total. The smallest absolute Gasteiger partial charge is 0.323 e. The number of alkyl halides is 11. The molecule has 16 heteroatoms. The summed E-state index contributed by atoms with van der Waals surface area (Å²) in [6.45, 7) is 1.10.